The molecule has 0 saturated heterocycles. The molecule has 1 N–H and O–H groups in total. The number of sulfone groups is 1. The van der Waals surface area contributed by atoms with E-state index in [0.717, 1.165) is 19.3 Å². The van der Waals surface area contributed by atoms with Crippen LogP contribution in [0, 0.1) is 0 Å². The van der Waals surface area contributed by atoms with Crippen LogP contribution < -0.4 is 5.32 Å². The van der Waals surface area contributed by atoms with Crippen molar-refractivity contribution in [3.63, 3.8) is 0 Å². The average molecular weight is 193 g/mol. The van der Waals surface area contributed by atoms with Gasteiger partial charge in [0.1, 0.15) is 9.84 Å². The van der Waals surface area contributed by atoms with Gasteiger partial charge in [-0.05, 0) is 13.5 Å². The molecule has 1 unspecified atom stereocenters. The SMILES string of the molecule is CCCCC(CS(C)(=O)=O)NC. The first-order chi connectivity index (χ1) is 5.49. The lowest BCUT2D eigenvalue weighted by Gasteiger charge is -2.13. The van der Waals surface area contributed by atoms with Gasteiger partial charge >= 0.3 is 0 Å². The first kappa shape index (κ1) is 11.9. The number of hydrogen-bond acceptors (Lipinski definition) is 3. The first-order valence-electron chi connectivity index (χ1n) is 4.34. The minimum absolute atomic E-state index is 0.125. The monoisotopic (exact) mass is 193 g/mol. The summed E-state index contributed by atoms with van der Waals surface area (Å²) in [5, 5.41) is 3.01. The second kappa shape index (κ2) is 5.54. The highest BCUT2D eigenvalue weighted by molar-refractivity contribution is 7.90. The van der Waals surface area contributed by atoms with Crippen molar-refractivity contribution < 1.29 is 8.42 Å². The summed E-state index contributed by atoms with van der Waals surface area (Å²) in [5.41, 5.74) is 0. The molecule has 0 heterocycles. The normalized spacial score (nSPS) is 14.6. The third-order valence-electron chi connectivity index (χ3n) is 1.82. The van der Waals surface area contributed by atoms with Crippen molar-refractivity contribution in [1.29, 1.82) is 0 Å². The number of unbranched alkanes of at least 4 members (excludes halogenated alkanes) is 1. The molecule has 0 spiro atoms. The van der Waals surface area contributed by atoms with Crippen LogP contribution in [0.4, 0.5) is 0 Å². The molecule has 12 heavy (non-hydrogen) atoms. The number of nitrogens with one attached hydrogen (secondary N) is 1. The fraction of sp³-hybridized carbons (Fsp3) is 1.00. The topological polar surface area (TPSA) is 46.2 Å². The second-order valence-electron chi connectivity index (χ2n) is 3.22. The van der Waals surface area contributed by atoms with Gasteiger partial charge in [0.15, 0.2) is 0 Å². The molecule has 74 valence electrons. The quantitative estimate of drug-likeness (QED) is 0.679. The molecule has 4 heteroatoms. The molecule has 0 fully saturated rings. The van der Waals surface area contributed by atoms with Crippen molar-refractivity contribution in [2.24, 2.45) is 0 Å². The van der Waals surface area contributed by atoms with Crippen LogP contribution in [0.5, 0.6) is 0 Å². The molecule has 0 bridgehead atoms. The van der Waals surface area contributed by atoms with E-state index in [4.69, 9.17) is 0 Å². The third kappa shape index (κ3) is 6.61. The molecule has 0 aromatic heterocycles. The van der Waals surface area contributed by atoms with E-state index >= 15 is 0 Å². The van der Waals surface area contributed by atoms with E-state index in [1.54, 1.807) is 0 Å². The molecule has 0 saturated carbocycles. The number of hydrogen-bond donors (Lipinski definition) is 1. The van der Waals surface area contributed by atoms with Crippen molar-refractivity contribution in [1.82, 2.24) is 5.32 Å². The zero-order valence-electron chi connectivity index (χ0n) is 8.13. The highest BCUT2D eigenvalue weighted by Gasteiger charge is 2.12. The molecular weight excluding hydrogens is 174 g/mol. The zero-order chi connectivity index (χ0) is 9.61. The Hall–Kier alpha value is -0.0900. The molecule has 0 aliphatic heterocycles. The van der Waals surface area contributed by atoms with E-state index in [9.17, 15) is 8.42 Å². The summed E-state index contributed by atoms with van der Waals surface area (Å²) in [7, 11) is -1.02. The average Bonchev–Trinajstić information content (AvgIpc) is 1.95. The van der Waals surface area contributed by atoms with Crippen molar-refractivity contribution in [2.75, 3.05) is 19.1 Å². The maximum absolute atomic E-state index is 10.9. The third-order valence-corrected chi connectivity index (χ3v) is 2.83. The van der Waals surface area contributed by atoms with Crippen LogP contribution in [-0.4, -0.2) is 33.5 Å². The summed E-state index contributed by atoms with van der Waals surface area (Å²) in [6.45, 7) is 2.10. The lowest BCUT2D eigenvalue weighted by atomic mass is 10.1. The maximum Gasteiger partial charge on any atom is 0.148 e. The van der Waals surface area contributed by atoms with Crippen LogP contribution in [0.15, 0.2) is 0 Å². The highest BCUT2D eigenvalue weighted by atomic mass is 32.2. The lowest BCUT2D eigenvalue weighted by Crippen LogP contribution is -2.32. The van der Waals surface area contributed by atoms with Gasteiger partial charge in [0.05, 0.1) is 5.75 Å². The van der Waals surface area contributed by atoms with E-state index in [0.29, 0.717) is 0 Å². The Bertz CT molecular complexity index is 199. The van der Waals surface area contributed by atoms with Crippen LogP contribution in [0.2, 0.25) is 0 Å². The zero-order valence-corrected chi connectivity index (χ0v) is 8.95. The summed E-state index contributed by atoms with van der Waals surface area (Å²) >= 11 is 0. The molecule has 3 nitrogen and oxygen atoms in total. The van der Waals surface area contributed by atoms with E-state index in [2.05, 4.69) is 12.2 Å². The van der Waals surface area contributed by atoms with Crippen LogP contribution >= 0.6 is 0 Å². The standard InChI is InChI=1S/C8H19NO2S/c1-4-5-6-8(9-2)7-12(3,10)11/h8-9H,4-7H2,1-3H3. The molecule has 0 aliphatic carbocycles. The predicted octanol–water partition coefficient (Wildman–Crippen LogP) is 0.809. The molecule has 0 rings (SSSR count). The van der Waals surface area contributed by atoms with E-state index in [1.807, 2.05) is 7.05 Å². The largest absolute Gasteiger partial charge is 0.316 e. The van der Waals surface area contributed by atoms with Gasteiger partial charge in [0, 0.05) is 12.3 Å². The maximum atomic E-state index is 10.9. The summed E-state index contributed by atoms with van der Waals surface area (Å²) in [6.07, 6.45) is 4.42. The Morgan fingerprint density at radius 3 is 2.33 bits per heavy atom. The Labute approximate surface area is 75.5 Å². The summed E-state index contributed by atoms with van der Waals surface area (Å²) in [4.78, 5) is 0. The molecule has 0 aromatic rings. The summed E-state index contributed by atoms with van der Waals surface area (Å²) in [5.74, 6) is 0.253. The van der Waals surface area contributed by atoms with Crippen LogP contribution in [0.25, 0.3) is 0 Å². The molecule has 0 aliphatic rings. The molecular formula is C8H19NO2S. The lowest BCUT2D eigenvalue weighted by molar-refractivity contribution is 0.525. The minimum atomic E-state index is -2.83. The van der Waals surface area contributed by atoms with Gasteiger partial charge in [-0.15, -0.1) is 0 Å². The highest BCUT2D eigenvalue weighted by Crippen LogP contribution is 2.02. The Kier molecular flexibility index (Phi) is 5.50. The van der Waals surface area contributed by atoms with Gasteiger partial charge in [-0.2, -0.15) is 0 Å². The van der Waals surface area contributed by atoms with Gasteiger partial charge in [0.2, 0.25) is 0 Å². The minimum Gasteiger partial charge on any atom is -0.316 e. The van der Waals surface area contributed by atoms with Gasteiger partial charge in [-0.3, -0.25) is 0 Å². The van der Waals surface area contributed by atoms with Crippen molar-refractivity contribution in [3.05, 3.63) is 0 Å². The Morgan fingerprint density at radius 1 is 1.42 bits per heavy atom. The fourth-order valence-corrected chi connectivity index (χ4v) is 2.19. The Morgan fingerprint density at radius 2 is 2.00 bits per heavy atom. The summed E-state index contributed by atoms with van der Waals surface area (Å²) < 4.78 is 21.8. The first-order valence-corrected chi connectivity index (χ1v) is 6.40. The van der Waals surface area contributed by atoms with Crippen molar-refractivity contribution in [2.45, 2.75) is 32.2 Å². The van der Waals surface area contributed by atoms with Gasteiger partial charge < -0.3 is 5.32 Å². The van der Waals surface area contributed by atoms with Crippen molar-refractivity contribution in [3.8, 4) is 0 Å². The fourth-order valence-electron chi connectivity index (χ4n) is 1.13. The van der Waals surface area contributed by atoms with Crippen LogP contribution in [0.1, 0.15) is 26.2 Å². The van der Waals surface area contributed by atoms with E-state index in [1.165, 1.54) is 6.26 Å². The Balaban J connectivity index is 3.83. The van der Waals surface area contributed by atoms with Gasteiger partial charge in [-0.25, -0.2) is 8.42 Å². The molecule has 0 radical (unpaired) electrons. The number of rotatable bonds is 6. The van der Waals surface area contributed by atoms with E-state index < -0.39 is 9.84 Å². The molecule has 0 amide bonds. The van der Waals surface area contributed by atoms with Crippen molar-refractivity contribution >= 4 is 9.84 Å². The smallest absolute Gasteiger partial charge is 0.148 e. The van der Waals surface area contributed by atoms with Crippen LogP contribution in [0.3, 0.4) is 0 Å². The van der Waals surface area contributed by atoms with Gasteiger partial charge in [0.25, 0.3) is 0 Å². The predicted molar refractivity (Wildman–Crippen MR) is 52.1 cm³/mol. The molecule has 1 atom stereocenters. The second-order valence-corrected chi connectivity index (χ2v) is 5.41. The van der Waals surface area contributed by atoms with Gasteiger partial charge in [-0.1, -0.05) is 19.8 Å². The molecule has 0 aromatic carbocycles. The van der Waals surface area contributed by atoms with E-state index in [-0.39, 0.29) is 11.8 Å². The van der Waals surface area contributed by atoms with Crippen LogP contribution in [-0.2, 0) is 9.84 Å². The summed E-state index contributed by atoms with van der Waals surface area (Å²) in [6, 6.07) is 0.125.